The highest BCUT2D eigenvalue weighted by molar-refractivity contribution is 5.74. The molecule has 0 rings (SSSR count). The van der Waals surface area contributed by atoms with Crippen molar-refractivity contribution >= 4 is 5.97 Å². The first-order valence-corrected chi connectivity index (χ1v) is 4.03. The summed E-state index contributed by atoms with van der Waals surface area (Å²) in [5.41, 5.74) is 0. The molecule has 1 unspecified atom stereocenters. The number of alkyl halides is 1. The van der Waals surface area contributed by atoms with E-state index in [1.165, 1.54) is 0 Å². The second-order valence-electron chi connectivity index (χ2n) is 2.40. The molecule has 1 atom stereocenters. The van der Waals surface area contributed by atoms with E-state index >= 15 is 0 Å². The van der Waals surface area contributed by atoms with Gasteiger partial charge < -0.3 is 4.74 Å². The molecule has 66 valence electrons. The van der Waals surface area contributed by atoms with Crippen LogP contribution in [0, 0.1) is 0 Å². The van der Waals surface area contributed by atoms with Crippen LogP contribution in [0.3, 0.4) is 0 Å². The van der Waals surface area contributed by atoms with Crippen LogP contribution >= 0.6 is 0 Å². The Balaban J connectivity index is 3.36. The van der Waals surface area contributed by atoms with Crippen LogP contribution in [-0.2, 0) is 9.53 Å². The van der Waals surface area contributed by atoms with E-state index in [-0.39, 0.29) is 6.42 Å². The van der Waals surface area contributed by atoms with Gasteiger partial charge in [0.05, 0.1) is 6.61 Å². The van der Waals surface area contributed by atoms with Gasteiger partial charge in [-0.15, -0.1) is 0 Å². The largest absolute Gasteiger partial charge is 0.464 e. The molecule has 0 aromatic heterocycles. The van der Waals surface area contributed by atoms with Crippen molar-refractivity contribution in [2.45, 2.75) is 39.3 Å². The van der Waals surface area contributed by atoms with Crippen molar-refractivity contribution in [3.8, 4) is 0 Å². The molecule has 3 heteroatoms. The third kappa shape index (κ3) is 4.76. The van der Waals surface area contributed by atoms with Gasteiger partial charge in [-0.2, -0.15) is 0 Å². The van der Waals surface area contributed by atoms with E-state index in [1.807, 2.05) is 6.92 Å². The Morgan fingerprint density at radius 2 is 2.18 bits per heavy atom. The summed E-state index contributed by atoms with van der Waals surface area (Å²) < 4.78 is 17.1. The van der Waals surface area contributed by atoms with Crippen LogP contribution in [0.5, 0.6) is 0 Å². The molecule has 0 aliphatic heterocycles. The van der Waals surface area contributed by atoms with Gasteiger partial charge in [-0.05, 0) is 12.8 Å². The summed E-state index contributed by atoms with van der Waals surface area (Å²) in [6, 6.07) is 0. The fourth-order valence-electron chi connectivity index (χ4n) is 0.574. The number of esters is 1. The first kappa shape index (κ1) is 10.4. The Labute approximate surface area is 66.7 Å². The Hall–Kier alpha value is -0.600. The molecule has 0 aromatic carbocycles. The van der Waals surface area contributed by atoms with Gasteiger partial charge in [0.2, 0.25) is 0 Å². The second-order valence-corrected chi connectivity index (χ2v) is 2.40. The molecule has 0 aliphatic rings. The third-order valence-electron chi connectivity index (χ3n) is 1.36. The van der Waals surface area contributed by atoms with Crippen LogP contribution in [0.1, 0.15) is 33.1 Å². The van der Waals surface area contributed by atoms with Gasteiger partial charge in [-0.25, -0.2) is 9.18 Å². The molecule has 0 radical (unpaired) electrons. The Kier molecular flexibility index (Phi) is 5.80. The van der Waals surface area contributed by atoms with Gasteiger partial charge in [0.1, 0.15) is 0 Å². The summed E-state index contributed by atoms with van der Waals surface area (Å²) in [5.74, 6) is -0.721. The molecule has 0 spiro atoms. The van der Waals surface area contributed by atoms with Crippen molar-refractivity contribution in [3.63, 3.8) is 0 Å². The van der Waals surface area contributed by atoms with Gasteiger partial charge in [0.25, 0.3) is 0 Å². The highest BCUT2D eigenvalue weighted by Gasteiger charge is 2.15. The monoisotopic (exact) mass is 162 g/mol. The van der Waals surface area contributed by atoms with Gasteiger partial charge in [0.15, 0.2) is 6.17 Å². The summed E-state index contributed by atoms with van der Waals surface area (Å²) in [6.45, 7) is 3.95. The second kappa shape index (κ2) is 6.13. The number of hydrogen-bond acceptors (Lipinski definition) is 2. The fraction of sp³-hybridized carbons (Fsp3) is 0.875. The Bertz CT molecular complexity index is 115. The molecule has 0 bridgehead atoms. The maximum atomic E-state index is 12.5. The lowest BCUT2D eigenvalue weighted by Gasteiger charge is -2.05. The van der Waals surface area contributed by atoms with Gasteiger partial charge in [-0.3, -0.25) is 0 Å². The van der Waals surface area contributed by atoms with Crippen LogP contribution in [0.2, 0.25) is 0 Å². The maximum absolute atomic E-state index is 12.5. The van der Waals surface area contributed by atoms with E-state index in [2.05, 4.69) is 4.74 Å². The number of carbonyl (C=O) groups is 1. The molecule has 0 saturated carbocycles. The Morgan fingerprint density at radius 3 is 2.64 bits per heavy atom. The highest BCUT2D eigenvalue weighted by Crippen LogP contribution is 2.00. The van der Waals surface area contributed by atoms with Crippen LogP contribution < -0.4 is 0 Å². The van der Waals surface area contributed by atoms with E-state index in [0.29, 0.717) is 6.61 Å². The van der Waals surface area contributed by atoms with Crippen molar-refractivity contribution in [1.29, 1.82) is 0 Å². The molecule has 0 aliphatic carbocycles. The zero-order valence-electron chi connectivity index (χ0n) is 7.10. The van der Waals surface area contributed by atoms with Crippen molar-refractivity contribution < 1.29 is 13.9 Å². The Morgan fingerprint density at radius 1 is 1.55 bits per heavy atom. The van der Waals surface area contributed by atoms with Gasteiger partial charge >= 0.3 is 5.97 Å². The lowest BCUT2D eigenvalue weighted by atomic mass is 10.3. The van der Waals surface area contributed by atoms with Crippen LogP contribution in [0.15, 0.2) is 0 Å². The standard InChI is InChI=1S/C8H15FO2/c1-3-5-6-11-8(10)7(9)4-2/h7H,3-6H2,1-2H3. The van der Waals surface area contributed by atoms with Crippen molar-refractivity contribution in [2.75, 3.05) is 6.61 Å². The zero-order chi connectivity index (χ0) is 8.69. The van der Waals surface area contributed by atoms with E-state index in [0.717, 1.165) is 12.8 Å². The number of halogens is 1. The summed E-state index contributed by atoms with van der Waals surface area (Å²) in [6.07, 6.45) is 0.524. The third-order valence-corrected chi connectivity index (χ3v) is 1.36. The van der Waals surface area contributed by atoms with Crippen LogP contribution in [0.4, 0.5) is 4.39 Å². The topological polar surface area (TPSA) is 26.3 Å². The first-order valence-electron chi connectivity index (χ1n) is 4.03. The lowest BCUT2D eigenvalue weighted by molar-refractivity contribution is -0.149. The fourth-order valence-corrected chi connectivity index (χ4v) is 0.574. The highest BCUT2D eigenvalue weighted by atomic mass is 19.1. The molecular formula is C8H15FO2. The van der Waals surface area contributed by atoms with Crippen molar-refractivity contribution in [1.82, 2.24) is 0 Å². The predicted octanol–water partition coefficient (Wildman–Crippen LogP) is 2.08. The van der Waals surface area contributed by atoms with E-state index < -0.39 is 12.1 Å². The summed E-state index contributed by atoms with van der Waals surface area (Å²) >= 11 is 0. The van der Waals surface area contributed by atoms with Crippen molar-refractivity contribution in [2.24, 2.45) is 0 Å². The number of hydrogen-bond donors (Lipinski definition) is 0. The number of rotatable bonds is 5. The molecule has 0 amide bonds. The summed E-state index contributed by atoms with van der Waals surface area (Å²) in [7, 11) is 0. The van der Waals surface area contributed by atoms with Gasteiger partial charge in [-0.1, -0.05) is 20.3 Å². The van der Waals surface area contributed by atoms with E-state index in [9.17, 15) is 9.18 Å². The molecule has 2 nitrogen and oxygen atoms in total. The minimum absolute atomic E-state index is 0.199. The van der Waals surface area contributed by atoms with E-state index in [4.69, 9.17) is 0 Å². The predicted molar refractivity (Wildman–Crippen MR) is 41.1 cm³/mol. The number of ether oxygens (including phenoxy) is 1. The normalized spacial score (nSPS) is 12.6. The number of carbonyl (C=O) groups excluding carboxylic acids is 1. The quantitative estimate of drug-likeness (QED) is 0.457. The smallest absolute Gasteiger partial charge is 0.340 e. The molecule has 0 saturated heterocycles. The average Bonchev–Trinajstić information content (AvgIpc) is 2.03. The maximum Gasteiger partial charge on any atom is 0.340 e. The SMILES string of the molecule is CCCCOC(=O)C(F)CC. The zero-order valence-corrected chi connectivity index (χ0v) is 7.10. The first-order chi connectivity index (χ1) is 5.22. The summed E-state index contributed by atoms with van der Waals surface area (Å²) in [5, 5.41) is 0. The van der Waals surface area contributed by atoms with Crippen molar-refractivity contribution in [3.05, 3.63) is 0 Å². The van der Waals surface area contributed by atoms with Crippen LogP contribution in [-0.4, -0.2) is 18.7 Å². The minimum Gasteiger partial charge on any atom is -0.464 e. The molecule has 0 aromatic rings. The molecule has 0 fully saturated rings. The number of unbranched alkanes of at least 4 members (excludes halogenated alkanes) is 1. The molecule has 0 N–H and O–H groups in total. The summed E-state index contributed by atoms with van der Waals surface area (Å²) in [4.78, 5) is 10.7. The van der Waals surface area contributed by atoms with Gasteiger partial charge in [0, 0.05) is 0 Å². The molecule has 11 heavy (non-hydrogen) atoms. The average molecular weight is 162 g/mol. The van der Waals surface area contributed by atoms with E-state index in [1.54, 1.807) is 6.92 Å². The molecule has 0 heterocycles. The molecular weight excluding hydrogens is 147 g/mol. The lowest BCUT2D eigenvalue weighted by Crippen LogP contribution is -2.18. The van der Waals surface area contributed by atoms with Crippen LogP contribution in [0.25, 0.3) is 0 Å². The minimum atomic E-state index is -1.44.